The van der Waals surface area contributed by atoms with Crippen LogP contribution in [0.2, 0.25) is 0 Å². The molecule has 1 aliphatic carbocycles. The summed E-state index contributed by atoms with van der Waals surface area (Å²) >= 11 is 0. The molecule has 116 valence electrons. The number of fused-ring (bicyclic) bond motifs is 1. The molecular formula is C18H28N2O. The number of nitrogens with zero attached hydrogens (tertiary/aromatic N) is 2. The lowest BCUT2D eigenvalue weighted by Gasteiger charge is -2.38. The van der Waals surface area contributed by atoms with E-state index in [0.717, 1.165) is 31.5 Å². The van der Waals surface area contributed by atoms with E-state index in [1.165, 1.54) is 24.9 Å². The molecule has 1 saturated heterocycles. The van der Waals surface area contributed by atoms with Crippen LogP contribution in [-0.2, 0) is 6.42 Å². The SMILES string of the molecule is CC1CN(C)CCCN1C1CCCc2ccccc2C1O. The summed E-state index contributed by atoms with van der Waals surface area (Å²) in [5, 5.41) is 11.0. The first-order valence-electron chi connectivity index (χ1n) is 8.37. The monoisotopic (exact) mass is 288 g/mol. The van der Waals surface area contributed by atoms with Gasteiger partial charge in [-0.15, -0.1) is 0 Å². The van der Waals surface area contributed by atoms with Crippen LogP contribution in [0.1, 0.15) is 43.4 Å². The largest absolute Gasteiger partial charge is 0.387 e. The van der Waals surface area contributed by atoms with Crippen molar-refractivity contribution in [3.05, 3.63) is 35.4 Å². The predicted molar refractivity (Wildman–Crippen MR) is 86.4 cm³/mol. The minimum absolute atomic E-state index is 0.273. The molecule has 0 saturated carbocycles. The van der Waals surface area contributed by atoms with Gasteiger partial charge in [0, 0.05) is 25.2 Å². The van der Waals surface area contributed by atoms with Gasteiger partial charge in [0.25, 0.3) is 0 Å². The second kappa shape index (κ2) is 6.47. The van der Waals surface area contributed by atoms with Crippen LogP contribution in [0.25, 0.3) is 0 Å². The van der Waals surface area contributed by atoms with Crippen LogP contribution in [0.4, 0.5) is 0 Å². The molecule has 0 spiro atoms. The summed E-state index contributed by atoms with van der Waals surface area (Å²) in [6, 6.07) is 9.24. The third-order valence-corrected chi connectivity index (χ3v) is 5.21. The zero-order valence-electron chi connectivity index (χ0n) is 13.3. The minimum Gasteiger partial charge on any atom is -0.387 e. The van der Waals surface area contributed by atoms with E-state index in [2.05, 4.69) is 48.0 Å². The van der Waals surface area contributed by atoms with E-state index in [0.29, 0.717) is 6.04 Å². The third kappa shape index (κ3) is 3.15. The molecule has 3 atom stereocenters. The first-order chi connectivity index (χ1) is 10.2. The van der Waals surface area contributed by atoms with Crippen molar-refractivity contribution < 1.29 is 5.11 Å². The first-order valence-corrected chi connectivity index (χ1v) is 8.37. The molecule has 1 fully saturated rings. The number of benzene rings is 1. The molecule has 0 bridgehead atoms. The third-order valence-electron chi connectivity index (χ3n) is 5.21. The smallest absolute Gasteiger partial charge is 0.0947 e. The molecule has 3 nitrogen and oxygen atoms in total. The van der Waals surface area contributed by atoms with Crippen LogP contribution in [-0.4, -0.2) is 53.7 Å². The molecule has 1 N–H and O–H groups in total. The van der Waals surface area contributed by atoms with Crippen LogP contribution >= 0.6 is 0 Å². The summed E-state index contributed by atoms with van der Waals surface area (Å²) in [4.78, 5) is 4.98. The molecule has 21 heavy (non-hydrogen) atoms. The normalized spacial score (nSPS) is 32.2. The van der Waals surface area contributed by atoms with E-state index in [1.54, 1.807) is 0 Å². The van der Waals surface area contributed by atoms with Crippen LogP contribution in [0.15, 0.2) is 24.3 Å². The molecule has 0 aromatic heterocycles. The zero-order valence-corrected chi connectivity index (χ0v) is 13.3. The topological polar surface area (TPSA) is 26.7 Å². The molecule has 3 heteroatoms. The average molecular weight is 288 g/mol. The number of aliphatic hydroxyl groups is 1. The molecule has 1 aliphatic heterocycles. The molecule has 0 radical (unpaired) electrons. The lowest BCUT2D eigenvalue weighted by Crippen LogP contribution is -2.47. The maximum absolute atomic E-state index is 11.0. The molecule has 1 aromatic rings. The number of hydrogen-bond donors (Lipinski definition) is 1. The highest BCUT2D eigenvalue weighted by Gasteiger charge is 2.33. The summed E-state index contributed by atoms with van der Waals surface area (Å²) in [7, 11) is 2.21. The summed E-state index contributed by atoms with van der Waals surface area (Å²) in [6.07, 6.45) is 4.24. The average Bonchev–Trinajstić information content (AvgIpc) is 2.73. The Morgan fingerprint density at radius 1 is 1.14 bits per heavy atom. The van der Waals surface area contributed by atoms with E-state index in [1.807, 2.05) is 0 Å². The Morgan fingerprint density at radius 2 is 1.95 bits per heavy atom. The number of hydrogen-bond acceptors (Lipinski definition) is 3. The van der Waals surface area contributed by atoms with Crippen molar-refractivity contribution in [3.63, 3.8) is 0 Å². The Balaban J connectivity index is 1.84. The summed E-state index contributed by atoms with van der Waals surface area (Å²) < 4.78 is 0. The van der Waals surface area contributed by atoms with Gasteiger partial charge in [0.2, 0.25) is 0 Å². The van der Waals surface area contributed by atoms with Crippen LogP contribution in [0, 0.1) is 0 Å². The summed E-state index contributed by atoms with van der Waals surface area (Å²) in [5.41, 5.74) is 2.50. The summed E-state index contributed by atoms with van der Waals surface area (Å²) in [6.45, 7) is 5.69. The Bertz CT molecular complexity index is 476. The molecule has 1 aromatic carbocycles. The van der Waals surface area contributed by atoms with Crippen LogP contribution in [0.3, 0.4) is 0 Å². The van der Waals surface area contributed by atoms with Gasteiger partial charge in [0.1, 0.15) is 0 Å². The number of likely N-dealkylation sites (N-methyl/N-ethyl adjacent to an activating group) is 1. The Morgan fingerprint density at radius 3 is 2.81 bits per heavy atom. The van der Waals surface area contributed by atoms with Crippen molar-refractivity contribution in [1.82, 2.24) is 9.80 Å². The quantitative estimate of drug-likeness (QED) is 0.804. The minimum atomic E-state index is -0.338. The van der Waals surface area contributed by atoms with Gasteiger partial charge >= 0.3 is 0 Å². The fourth-order valence-corrected chi connectivity index (χ4v) is 4.15. The van der Waals surface area contributed by atoms with E-state index >= 15 is 0 Å². The fourth-order valence-electron chi connectivity index (χ4n) is 4.15. The standard InChI is InChI=1S/C18H28N2O/c1-14-13-19(2)11-6-12-20(14)17-10-5-8-15-7-3-4-9-16(15)18(17)21/h3-4,7,9,14,17-18,21H,5-6,8,10-13H2,1-2H3. The van der Waals surface area contributed by atoms with Gasteiger partial charge in [-0.3, -0.25) is 4.90 Å². The maximum atomic E-state index is 11.0. The number of aliphatic hydroxyl groups excluding tert-OH is 1. The molecule has 0 amide bonds. The van der Waals surface area contributed by atoms with Gasteiger partial charge in [-0.1, -0.05) is 24.3 Å². The molecule has 2 aliphatic rings. The van der Waals surface area contributed by atoms with Gasteiger partial charge in [-0.25, -0.2) is 0 Å². The van der Waals surface area contributed by atoms with Crippen molar-refractivity contribution in [2.45, 2.75) is 50.8 Å². The van der Waals surface area contributed by atoms with Gasteiger partial charge in [0.15, 0.2) is 0 Å². The lowest BCUT2D eigenvalue weighted by molar-refractivity contribution is 0.0249. The first kappa shape index (κ1) is 15.0. The van der Waals surface area contributed by atoms with E-state index in [9.17, 15) is 5.11 Å². The second-order valence-corrected chi connectivity index (χ2v) is 6.81. The highest BCUT2D eigenvalue weighted by Crippen LogP contribution is 2.33. The molecule has 1 heterocycles. The molecule has 3 rings (SSSR count). The summed E-state index contributed by atoms with van der Waals surface area (Å²) in [5.74, 6) is 0. The molecular weight excluding hydrogens is 260 g/mol. The van der Waals surface area contributed by atoms with E-state index in [4.69, 9.17) is 0 Å². The van der Waals surface area contributed by atoms with Gasteiger partial charge < -0.3 is 10.0 Å². The predicted octanol–water partition coefficient (Wildman–Crippen LogP) is 2.45. The van der Waals surface area contributed by atoms with Crippen molar-refractivity contribution >= 4 is 0 Å². The number of aryl methyl sites for hydroxylation is 1. The Labute approximate surface area is 128 Å². The Kier molecular flexibility index (Phi) is 4.63. The Hall–Kier alpha value is -0.900. The van der Waals surface area contributed by atoms with Crippen molar-refractivity contribution in [3.8, 4) is 0 Å². The van der Waals surface area contributed by atoms with Gasteiger partial charge in [-0.2, -0.15) is 0 Å². The number of rotatable bonds is 1. The van der Waals surface area contributed by atoms with Crippen molar-refractivity contribution in [2.24, 2.45) is 0 Å². The lowest BCUT2D eigenvalue weighted by atomic mass is 9.97. The van der Waals surface area contributed by atoms with E-state index in [-0.39, 0.29) is 12.1 Å². The van der Waals surface area contributed by atoms with Crippen molar-refractivity contribution in [1.29, 1.82) is 0 Å². The second-order valence-electron chi connectivity index (χ2n) is 6.81. The zero-order chi connectivity index (χ0) is 14.8. The molecule has 3 unspecified atom stereocenters. The van der Waals surface area contributed by atoms with Crippen LogP contribution in [0.5, 0.6) is 0 Å². The highest BCUT2D eigenvalue weighted by molar-refractivity contribution is 5.31. The highest BCUT2D eigenvalue weighted by atomic mass is 16.3. The fraction of sp³-hybridized carbons (Fsp3) is 0.667. The van der Waals surface area contributed by atoms with E-state index < -0.39 is 0 Å². The maximum Gasteiger partial charge on any atom is 0.0947 e. The van der Waals surface area contributed by atoms with Crippen molar-refractivity contribution in [2.75, 3.05) is 26.7 Å². The van der Waals surface area contributed by atoms with Crippen LogP contribution < -0.4 is 0 Å². The van der Waals surface area contributed by atoms with Gasteiger partial charge in [0.05, 0.1) is 6.10 Å². The van der Waals surface area contributed by atoms with Gasteiger partial charge in [-0.05, 0) is 57.3 Å².